The smallest absolute Gasteiger partial charge is 0.329 e. The van der Waals surface area contributed by atoms with E-state index in [1.807, 2.05) is 13.8 Å². The zero-order chi connectivity index (χ0) is 24.9. The van der Waals surface area contributed by atoms with Gasteiger partial charge < -0.3 is 20.1 Å². The lowest BCUT2D eigenvalue weighted by Gasteiger charge is -2.11. The summed E-state index contributed by atoms with van der Waals surface area (Å²) >= 11 is 12.0. The quantitative estimate of drug-likeness (QED) is 0.186. The van der Waals surface area contributed by atoms with Gasteiger partial charge in [0, 0.05) is 18.7 Å². The highest BCUT2D eigenvalue weighted by atomic mass is 35.5. The third-order valence-electron chi connectivity index (χ3n) is 4.14. The van der Waals surface area contributed by atoms with Crippen molar-refractivity contribution in [3.63, 3.8) is 0 Å². The fraction of sp³-hybridized carbons (Fsp3) is 0.304. The van der Waals surface area contributed by atoms with Gasteiger partial charge in [-0.1, -0.05) is 41.4 Å². The second kappa shape index (κ2) is 14.2. The monoisotopic (exact) mass is 508 g/mol. The number of carbonyl (C=O) groups is 3. The summed E-state index contributed by atoms with van der Waals surface area (Å²) in [6.45, 7) is 4.32. The summed E-state index contributed by atoms with van der Waals surface area (Å²) in [7, 11) is 0. The number of anilines is 1. The van der Waals surface area contributed by atoms with Gasteiger partial charge in [-0.25, -0.2) is 5.43 Å². The van der Waals surface area contributed by atoms with E-state index in [4.69, 9.17) is 32.7 Å². The molecule has 0 unspecified atom stereocenters. The van der Waals surface area contributed by atoms with E-state index in [2.05, 4.69) is 21.2 Å². The minimum atomic E-state index is -0.905. The third kappa shape index (κ3) is 9.38. The molecule has 0 saturated carbocycles. The van der Waals surface area contributed by atoms with E-state index in [0.29, 0.717) is 41.6 Å². The number of amides is 3. The lowest BCUT2D eigenvalue weighted by molar-refractivity contribution is -0.139. The molecule has 0 radical (unpaired) electrons. The van der Waals surface area contributed by atoms with Crippen LogP contribution in [0.2, 0.25) is 10.0 Å². The molecule has 2 rings (SSSR count). The Bertz CT molecular complexity index is 1030. The van der Waals surface area contributed by atoms with Crippen molar-refractivity contribution in [2.24, 2.45) is 5.10 Å². The maximum atomic E-state index is 12.2. The topological polar surface area (TPSA) is 118 Å². The first-order valence-electron chi connectivity index (χ1n) is 10.5. The highest BCUT2D eigenvalue weighted by molar-refractivity contribution is 6.44. The Morgan fingerprint density at radius 3 is 2.59 bits per heavy atom. The molecule has 0 aliphatic heterocycles. The van der Waals surface area contributed by atoms with E-state index in [9.17, 15) is 14.4 Å². The van der Waals surface area contributed by atoms with E-state index in [-0.39, 0.29) is 17.7 Å². The molecule has 0 aliphatic carbocycles. The number of nitrogens with zero attached hydrogens (tertiary/aromatic N) is 1. The largest absolute Gasteiger partial charge is 0.483 e. The molecule has 0 saturated heterocycles. The predicted octanol–water partition coefficient (Wildman–Crippen LogP) is 3.39. The van der Waals surface area contributed by atoms with Crippen LogP contribution in [0, 0.1) is 0 Å². The average molecular weight is 509 g/mol. The molecule has 0 aliphatic rings. The highest BCUT2D eigenvalue weighted by Gasteiger charge is 2.12. The number of benzene rings is 2. The molecule has 34 heavy (non-hydrogen) atoms. The van der Waals surface area contributed by atoms with Gasteiger partial charge in [0.25, 0.3) is 5.91 Å². The SMILES string of the molecule is CC(C)OCCCNC(=O)C(=O)N/N=C\c1ccccc1OCC(=O)Nc1cccc(Cl)c1Cl. The number of nitrogens with one attached hydrogen (secondary N) is 3. The number of halogens is 2. The number of ether oxygens (including phenoxy) is 2. The Morgan fingerprint density at radius 2 is 1.82 bits per heavy atom. The first kappa shape index (κ1) is 27.1. The first-order valence-corrected chi connectivity index (χ1v) is 11.2. The van der Waals surface area contributed by atoms with Gasteiger partial charge in [0.1, 0.15) is 5.75 Å². The Labute approximate surface area is 207 Å². The number of hydrogen-bond acceptors (Lipinski definition) is 6. The van der Waals surface area contributed by atoms with Gasteiger partial charge in [-0.3, -0.25) is 14.4 Å². The van der Waals surface area contributed by atoms with Crippen LogP contribution in [-0.4, -0.2) is 49.8 Å². The van der Waals surface area contributed by atoms with Crippen molar-refractivity contribution < 1.29 is 23.9 Å². The van der Waals surface area contributed by atoms with Gasteiger partial charge in [0.15, 0.2) is 6.61 Å². The zero-order valence-corrected chi connectivity index (χ0v) is 20.3. The normalized spacial score (nSPS) is 10.9. The van der Waals surface area contributed by atoms with Gasteiger partial charge in [0.05, 0.1) is 28.1 Å². The minimum Gasteiger partial charge on any atom is -0.483 e. The van der Waals surface area contributed by atoms with Crippen molar-refractivity contribution in [2.75, 3.05) is 25.1 Å². The minimum absolute atomic E-state index is 0.107. The molecule has 0 bridgehead atoms. The van der Waals surface area contributed by atoms with Gasteiger partial charge in [-0.15, -0.1) is 0 Å². The van der Waals surface area contributed by atoms with Crippen LogP contribution in [0.4, 0.5) is 5.69 Å². The number of rotatable bonds is 11. The van der Waals surface area contributed by atoms with E-state index in [0.717, 1.165) is 0 Å². The van der Waals surface area contributed by atoms with E-state index >= 15 is 0 Å². The van der Waals surface area contributed by atoms with Crippen LogP contribution in [0.3, 0.4) is 0 Å². The summed E-state index contributed by atoms with van der Waals surface area (Å²) in [5.74, 6) is -1.80. The average Bonchev–Trinajstić information content (AvgIpc) is 2.80. The molecule has 3 amide bonds. The van der Waals surface area contributed by atoms with Crippen molar-refractivity contribution in [1.82, 2.24) is 10.7 Å². The first-order chi connectivity index (χ1) is 16.3. The molecule has 0 heterocycles. The Hall–Kier alpha value is -3.14. The van der Waals surface area contributed by atoms with Crippen LogP contribution < -0.4 is 20.8 Å². The van der Waals surface area contributed by atoms with Crippen LogP contribution in [0.5, 0.6) is 5.75 Å². The molecule has 0 aromatic heterocycles. The Morgan fingerprint density at radius 1 is 1.06 bits per heavy atom. The maximum absolute atomic E-state index is 12.2. The van der Waals surface area contributed by atoms with Crippen molar-refractivity contribution in [3.8, 4) is 5.75 Å². The fourth-order valence-corrected chi connectivity index (χ4v) is 2.88. The summed E-state index contributed by atoms with van der Waals surface area (Å²) in [5, 5.41) is 9.43. The molecule has 182 valence electrons. The van der Waals surface area contributed by atoms with Crippen LogP contribution in [0.1, 0.15) is 25.8 Å². The van der Waals surface area contributed by atoms with E-state index < -0.39 is 17.7 Å². The summed E-state index contributed by atoms with van der Waals surface area (Å²) in [4.78, 5) is 35.9. The number of carbonyl (C=O) groups excluding carboxylic acids is 3. The molecule has 0 fully saturated rings. The van der Waals surface area contributed by atoms with Crippen LogP contribution in [0.25, 0.3) is 0 Å². The molecule has 9 nitrogen and oxygen atoms in total. The second-order valence-electron chi connectivity index (χ2n) is 7.20. The predicted molar refractivity (Wildman–Crippen MR) is 131 cm³/mol. The summed E-state index contributed by atoms with van der Waals surface area (Å²) in [6, 6.07) is 11.6. The second-order valence-corrected chi connectivity index (χ2v) is 7.99. The van der Waals surface area contributed by atoms with Gasteiger partial charge in [-0.05, 0) is 44.5 Å². The lowest BCUT2D eigenvalue weighted by Crippen LogP contribution is -2.38. The third-order valence-corrected chi connectivity index (χ3v) is 4.96. The number of hydrogen-bond donors (Lipinski definition) is 3. The molecule has 0 atom stereocenters. The standard InChI is InChI=1S/C23H26Cl2N4O5/c1-15(2)33-12-6-11-26-22(31)23(32)29-27-13-16-7-3-4-10-19(16)34-14-20(30)28-18-9-5-8-17(24)21(18)25/h3-5,7-10,13,15H,6,11-12,14H2,1-2H3,(H,26,31)(H,28,30)(H,29,32)/b27-13-. The van der Waals surface area contributed by atoms with Crippen LogP contribution in [-0.2, 0) is 19.1 Å². The van der Waals surface area contributed by atoms with E-state index in [1.54, 1.807) is 42.5 Å². The Kier molecular flexibility index (Phi) is 11.3. The zero-order valence-electron chi connectivity index (χ0n) is 18.8. The molecule has 11 heteroatoms. The van der Waals surface area contributed by atoms with E-state index in [1.165, 1.54) is 6.21 Å². The molecule has 2 aromatic rings. The van der Waals surface area contributed by atoms with Gasteiger partial charge >= 0.3 is 11.8 Å². The molecular formula is C23H26Cl2N4O5. The number of hydrazone groups is 1. The van der Waals surface area contributed by atoms with Crippen molar-refractivity contribution in [1.29, 1.82) is 0 Å². The summed E-state index contributed by atoms with van der Waals surface area (Å²) < 4.78 is 10.9. The molecule has 0 spiro atoms. The van der Waals surface area contributed by atoms with Crippen molar-refractivity contribution >= 4 is 52.8 Å². The fourth-order valence-electron chi connectivity index (χ4n) is 2.53. The van der Waals surface area contributed by atoms with Crippen LogP contribution in [0.15, 0.2) is 47.6 Å². The molecular weight excluding hydrogens is 483 g/mol. The maximum Gasteiger partial charge on any atom is 0.329 e. The summed E-state index contributed by atoms with van der Waals surface area (Å²) in [6.07, 6.45) is 2.00. The highest BCUT2D eigenvalue weighted by Crippen LogP contribution is 2.29. The van der Waals surface area contributed by atoms with Crippen molar-refractivity contribution in [3.05, 3.63) is 58.1 Å². The Balaban J connectivity index is 1.82. The van der Waals surface area contributed by atoms with Crippen LogP contribution >= 0.6 is 23.2 Å². The van der Waals surface area contributed by atoms with Gasteiger partial charge in [-0.2, -0.15) is 5.10 Å². The molecule has 2 aromatic carbocycles. The number of para-hydroxylation sites is 1. The molecule has 3 N–H and O–H groups in total. The van der Waals surface area contributed by atoms with Crippen molar-refractivity contribution in [2.45, 2.75) is 26.4 Å². The van der Waals surface area contributed by atoms with Gasteiger partial charge in [0.2, 0.25) is 0 Å². The lowest BCUT2D eigenvalue weighted by atomic mass is 10.2. The summed E-state index contributed by atoms with van der Waals surface area (Å²) in [5.41, 5.74) is 3.01.